The van der Waals surface area contributed by atoms with E-state index in [1.165, 1.54) is 11.1 Å². The van der Waals surface area contributed by atoms with Gasteiger partial charge in [0, 0.05) is 12.4 Å². The van der Waals surface area contributed by atoms with Crippen molar-refractivity contribution in [2.75, 3.05) is 0 Å². The van der Waals surface area contributed by atoms with E-state index in [2.05, 4.69) is 4.99 Å². The maximum atomic E-state index is 10.5. The molecule has 4 nitrogen and oxygen atoms in total. The summed E-state index contributed by atoms with van der Waals surface area (Å²) >= 11 is 0. The summed E-state index contributed by atoms with van der Waals surface area (Å²) in [4.78, 5) is 15.7. The molecule has 1 atom stereocenters. The van der Waals surface area contributed by atoms with E-state index >= 15 is 0 Å². The van der Waals surface area contributed by atoms with E-state index in [4.69, 9.17) is 5.11 Å². The number of hydrogen-bond donors (Lipinski definition) is 1. The number of amides is 1. The summed E-state index contributed by atoms with van der Waals surface area (Å²) in [6.07, 6.45) is 4.26. The lowest BCUT2D eigenvalue weighted by Crippen LogP contribution is -2.34. The summed E-state index contributed by atoms with van der Waals surface area (Å²) in [6, 6.07) is 0. The highest BCUT2D eigenvalue weighted by Crippen LogP contribution is 2.09. The van der Waals surface area contributed by atoms with E-state index < -0.39 is 6.09 Å². The minimum absolute atomic E-state index is 0.238. The van der Waals surface area contributed by atoms with Crippen molar-refractivity contribution in [3.8, 4) is 0 Å². The Hall–Kier alpha value is -1.32. The third-order valence-corrected chi connectivity index (χ3v) is 1.50. The molecule has 0 radical (unpaired) electrons. The van der Waals surface area contributed by atoms with Crippen LogP contribution in [0.5, 0.6) is 0 Å². The van der Waals surface area contributed by atoms with Crippen LogP contribution in [0.15, 0.2) is 17.3 Å². The Morgan fingerprint density at radius 3 is 3.00 bits per heavy atom. The van der Waals surface area contributed by atoms with Crippen molar-refractivity contribution in [2.24, 2.45) is 4.99 Å². The topological polar surface area (TPSA) is 52.9 Å². The highest BCUT2D eigenvalue weighted by Gasteiger charge is 2.18. The monoisotopic (exact) mass is 154 g/mol. The SMILES string of the molecule is CCC1N=CC=CN1C(=O)O. The first kappa shape index (κ1) is 7.78. The van der Waals surface area contributed by atoms with Crippen LogP contribution in [0.4, 0.5) is 4.79 Å². The van der Waals surface area contributed by atoms with Gasteiger partial charge in [-0.05, 0) is 12.5 Å². The van der Waals surface area contributed by atoms with Gasteiger partial charge in [0.2, 0.25) is 0 Å². The van der Waals surface area contributed by atoms with Gasteiger partial charge in [0.15, 0.2) is 0 Å². The maximum Gasteiger partial charge on any atom is 0.413 e. The first-order valence-electron chi connectivity index (χ1n) is 3.47. The molecule has 1 rings (SSSR count). The lowest BCUT2D eigenvalue weighted by atomic mass is 10.3. The molecular formula is C7H10N2O2. The number of hydrogen-bond acceptors (Lipinski definition) is 2. The molecule has 11 heavy (non-hydrogen) atoms. The zero-order valence-electron chi connectivity index (χ0n) is 6.27. The van der Waals surface area contributed by atoms with Crippen molar-refractivity contribution in [1.82, 2.24) is 4.90 Å². The number of aliphatic imine (C=N–C) groups is 1. The van der Waals surface area contributed by atoms with E-state index in [-0.39, 0.29) is 6.17 Å². The highest BCUT2D eigenvalue weighted by molar-refractivity contribution is 5.76. The van der Waals surface area contributed by atoms with Gasteiger partial charge < -0.3 is 5.11 Å². The predicted octanol–water partition coefficient (Wildman–Crippen LogP) is 1.30. The van der Waals surface area contributed by atoms with Crippen LogP contribution in [0, 0.1) is 0 Å². The zero-order valence-corrected chi connectivity index (χ0v) is 6.27. The Balaban J connectivity index is 2.70. The second-order valence-corrected chi connectivity index (χ2v) is 2.22. The summed E-state index contributed by atoms with van der Waals surface area (Å²) in [5.41, 5.74) is 0. The summed E-state index contributed by atoms with van der Waals surface area (Å²) in [6.45, 7) is 1.90. The smallest absolute Gasteiger partial charge is 0.413 e. The van der Waals surface area contributed by atoms with Crippen LogP contribution >= 0.6 is 0 Å². The van der Waals surface area contributed by atoms with Gasteiger partial charge >= 0.3 is 6.09 Å². The third-order valence-electron chi connectivity index (χ3n) is 1.50. The van der Waals surface area contributed by atoms with Crippen molar-refractivity contribution in [1.29, 1.82) is 0 Å². The van der Waals surface area contributed by atoms with Crippen molar-refractivity contribution in [3.63, 3.8) is 0 Å². The molecule has 0 aromatic rings. The summed E-state index contributed by atoms with van der Waals surface area (Å²) < 4.78 is 0. The summed E-state index contributed by atoms with van der Waals surface area (Å²) in [5.74, 6) is 0. The number of carboxylic acid groups (broad SMARTS) is 1. The van der Waals surface area contributed by atoms with E-state index in [0.29, 0.717) is 6.42 Å². The number of allylic oxidation sites excluding steroid dienone is 1. The van der Waals surface area contributed by atoms with Gasteiger partial charge in [-0.25, -0.2) is 4.79 Å². The van der Waals surface area contributed by atoms with Crippen LogP contribution in [-0.4, -0.2) is 28.5 Å². The molecule has 0 bridgehead atoms. The number of rotatable bonds is 1. The average Bonchev–Trinajstić information content (AvgIpc) is 2.04. The lowest BCUT2D eigenvalue weighted by Gasteiger charge is -2.23. The second-order valence-electron chi connectivity index (χ2n) is 2.22. The van der Waals surface area contributed by atoms with Gasteiger partial charge in [-0.1, -0.05) is 6.92 Å². The number of nitrogens with zero attached hydrogens (tertiary/aromatic N) is 2. The summed E-state index contributed by atoms with van der Waals surface area (Å²) in [7, 11) is 0. The minimum Gasteiger partial charge on any atom is -0.465 e. The molecule has 0 aromatic carbocycles. The molecule has 1 N–H and O–H groups in total. The molecule has 0 spiro atoms. The molecule has 0 fully saturated rings. The van der Waals surface area contributed by atoms with Gasteiger partial charge in [-0.3, -0.25) is 9.89 Å². The molecule has 0 saturated heterocycles. The molecule has 1 aliphatic rings. The van der Waals surface area contributed by atoms with E-state index in [9.17, 15) is 4.79 Å². The van der Waals surface area contributed by atoms with Gasteiger partial charge in [-0.15, -0.1) is 0 Å². The largest absolute Gasteiger partial charge is 0.465 e. The lowest BCUT2D eigenvalue weighted by molar-refractivity contribution is 0.147. The fourth-order valence-electron chi connectivity index (χ4n) is 0.945. The van der Waals surface area contributed by atoms with Gasteiger partial charge in [0.1, 0.15) is 6.17 Å². The minimum atomic E-state index is -0.954. The van der Waals surface area contributed by atoms with Gasteiger partial charge in [0.25, 0.3) is 0 Å². The maximum absolute atomic E-state index is 10.5. The van der Waals surface area contributed by atoms with E-state index in [0.717, 1.165) is 0 Å². The molecule has 0 aromatic heterocycles. The van der Waals surface area contributed by atoms with E-state index in [1.54, 1.807) is 12.3 Å². The Bertz CT molecular complexity index is 210. The normalized spacial score (nSPS) is 22.3. The van der Waals surface area contributed by atoms with Crippen molar-refractivity contribution in [2.45, 2.75) is 19.5 Å². The molecule has 1 heterocycles. The fourth-order valence-corrected chi connectivity index (χ4v) is 0.945. The molecule has 60 valence electrons. The molecule has 1 aliphatic heterocycles. The Labute approximate surface area is 64.8 Å². The Kier molecular flexibility index (Phi) is 2.25. The number of carbonyl (C=O) groups is 1. The second kappa shape index (κ2) is 3.18. The predicted molar refractivity (Wildman–Crippen MR) is 41.6 cm³/mol. The van der Waals surface area contributed by atoms with E-state index in [1.807, 2.05) is 6.92 Å². The Morgan fingerprint density at radius 1 is 1.82 bits per heavy atom. The highest BCUT2D eigenvalue weighted by atomic mass is 16.4. The molecule has 0 aliphatic carbocycles. The third kappa shape index (κ3) is 1.58. The molecule has 1 unspecified atom stereocenters. The van der Waals surface area contributed by atoms with Crippen LogP contribution in [0.1, 0.15) is 13.3 Å². The first-order chi connectivity index (χ1) is 5.25. The summed E-state index contributed by atoms with van der Waals surface area (Å²) in [5, 5.41) is 8.64. The molecular weight excluding hydrogens is 144 g/mol. The van der Waals surface area contributed by atoms with Crippen molar-refractivity contribution < 1.29 is 9.90 Å². The fraction of sp³-hybridized carbons (Fsp3) is 0.429. The quantitative estimate of drug-likeness (QED) is 0.618. The Morgan fingerprint density at radius 2 is 2.55 bits per heavy atom. The molecule has 0 saturated carbocycles. The molecule has 1 amide bonds. The average molecular weight is 154 g/mol. The van der Waals surface area contributed by atoms with Crippen LogP contribution in [0.2, 0.25) is 0 Å². The van der Waals surface area contributed by atoms with Crippen LogP contribution < -0.4 is 0 Å². The zero-order chi connectivity index (χ0) is 8.27. The molecule has 4 heteroatoms. The first-order valence-corrected chi connectivity index (χ1v) is 3.47. The van der Waals surface area contributed by atoms with Crippen LogP contribution in [0.25, 0.3) is 0 Å². The van der Waals surface area contributed by atoms with Crippen molar-refractivity contribution >= 4 is 12.3 Å². The van der Waals surface area contributed by atoms with Crippen LogP contribution in [0.3, 0.4) is 0 Å². The van der Waals surface area contributed by atoms with Gasteiger partial charge in [0.05, 0.1) is 0 Å². The van der Waals surface area contributed by atoms with Crippen LogP contribution in [-0.2, 0) is 0 Å². The van der Waals surface area contributed by atoms with Gasteiger partial charge in [-0.2, -0.15) is 0 Å². The van der Waals surface area contributed by atoms with Crippen molar-refractivity contribution in [3.05, 3.63) is 12.3 Å². The standard InChI is InChI=1S/C7H10N2O2/c1-2-6-8-4-3-5-9(6)7(10)11/h3-6H,2H2,1H3,(H,10,11).